The van der Waals surface area contributed by atoms with E-state index in [0.717, 1.165) is 0 Å². The molecule has 2 aromatic rings. The Balaban J connectivity index is 1.56. The van der Waals surface area contributed by atoms with Crippen molar-refractivity contribution in [1.29, 1.82) is 0 Å². The first-order valence-corrected chi connectivity index (χ1v) is 10.7. The molecule has 1 aromatic heterocycles. The molecule has 27 heavy (non-hydrogen) atoms. The van der Waals surface area contributed by atoms with E-state index in [9.17, 15) is 13.2 Å². The van der Waals surface area contributed by atoms with Gasteiger partial charge in [-0.25, -0.2) is 8.42 Å². The minimum Gasteiger partial charge on any atom is -0.349 e. The molecule has 1 aliphatic heterocycles. The zero-order valence-corrected chi connectivity index (χ0v) is 16.7. The summed E-state index contributed by atoms with van der Waals surface area (Å²) in [4.78, 5) is 12.7. The molecule has 0 atom stereocenters. The van der Waals surface area contributed by atoms with Crippen LogP contribution in [0.4, 0.5) is 0 Å². The van der Waals surface area contributed by atoms with Gasteiger partial charge in [0.2, 0.25) is 15.9 Å². The Hall–Kier alpha value is -2.04. The van der Waals surface area contributed by atoms with E-state index < -0.39 is 10.0 Å². The quantitative estimate of drug-likeness (QED) is 0.707. The number of hydrogen-bond acceptors (Lipinski definition) is 5. The van der Waals surface area contributed by atoms with Crippen LogP contribution in [-0.2, 0) is 27.9 Å². The summed E-state index contributed by atoms with van der Waals surface area (Å²) in [5.41, 5.74) is 0. The van der Waals surface area contributed by atoms with Gasteiger partial charge in [-0.1, -0.05) is 18.2 Å². The normalized spacial score (nSPS) is 16.3. The molecule has 1 aliphatic rings. The van der Waals surface area contributed by atoms with Crippen molar-refractivity contribution in [3.63, 3.8) is 0 Å². The minimum atomic E-state index is -3.50. The molecule has 1 amide bonds. The van der Waals surface area contributed by atoms with Crippen molar-refractivity contribution in [2.24, 2.45) is 5.92 Å². The maximum atomic E-state index is 12.6. The lowest BCUT2D eigenvalue weighted by molar-refractivity contribution is -0.126. The molecule has 2 heterocycles. The molecule has 0 saturated carbocycles. The van der Waals surface area contributed by atoms with E-state index in [2.05, 4.69) is 15.5 Å². The summed E-state index contributed by atoms with van der Waals surface area (Å²) in [5, 5.41) is 9.73. The van der Waals surface area contributed by atoms with Crippen molar-refractivity contribution in [1.82, 2.24) is 24.4 Å². The zero-order chi connectivity index (χ0) is 19.4. The maximum Gasteiger partial charge on any atom is 0.243 e. The topological polar surface area (TPSA) is 100 Å². The molecule has 1 aromatic carbocycles. The molecule has 8 nitrogen and oxygen atoms in total. The van der Waals surface area contributed by atoms with Crippen LogP contribution in [0.5, 0.6) is 0 Å². The number of carbonyl (C=O) groups is 1. The second-order valence-electron chi connectivity index (χ2n) is 6.40. The highest BCUT2D eigenvalue weighted by Crippen LogP contribution is 2.23. The van der Waals surface area contributed by atoms with Gasteiger partial charge < -0.3 is 9.88 Å². The second-order valence-corrected chi connectivity index (χ2v) is 8.72. The van der Waals surface area contributed by atoms with E-state index in [0.29, 0.717) is 49.6 Å². The summed E-state index contributed by atoms with van der Waals surface area (Å²) in [6.07, 6.45) is 0.997. The van der Waals surface area contributed by atoms with Crippen LogP contribution in [0.1, 0.15) is 25.6 Å². The molecule has 146 valence electrons. The zero-order valence-electron chi connectivity index (χ0n) is 15.1. The van der Waals surface area contributed by atoms with E-state index in [1.165, 1.54) is 4.31 Å². The van der Waals surface area contributed by atoms with Crippen molar-refractivity contribution in [3.8, 4) is 0 Å². The smallest absolute Gasteiger partial charge is 0.243 e. The Bertz CT molecular complexity index is 944. The van der Waals surface area contributed by atoms with Gasteiger partial charge in [0.1, 0.15) is 0 Å². The SMILES string of the molecule is CCn1c(CNC(=O)C2CCN(S(=O)(=O)c3ccccc3)CC2)n[nH]c1=S. The first-order chi connectivity index (χ1) is 12.9. The number of piperidine rings is 1. The number of amides is 1. The third-order valence-electron chi connectivity index (χ3n) is 4.78. The highest BCUT2D eigenvalue weighted by molar-refractivity contribution is 7.89. The fourth-order valence-electron chi connectivity index (χ4n) is 3.22. The predicted molar refractivity (Wildman–Crippen MR) is 103 cm³/mol. The van der Waals surface area contributed by atoms with Crippen LogP contribution >= 0.6 is 12.2 Å². The highest BCUT2D eigenvalue weighted by Gasteiger charge is 2.32. The van der Waals surface area contributed by atoms with E-state index in [4.69, 9.17) is 12.2 Å². The number of sulfonamides is 1. The van der Waals surface area contributed by atoms with Crippen LogP contribution in [0.2, 0.25) is 0 Å². The number of rotatable bonds is 6. The van der Waals surface area contributed by atoms with Gasteiger partial charge in [0.25, 0.3) is 0 Å². The van der Waals surface area contributed by atoms with Crippen LogP contribution in [0, 0.1) is 10.7 Å². The van der Waals surface area contributed by atoms with Crippen LogP contribution in [-0.4, -0.2) is 46.5 Å². The lowest BCUT2D eigenvalue weighted by Crippen LogP contribution is -2.43. The average Bonchev–Trinajstić information content (AvgIpc) is 3.06. The number of aromatic amines is 1. The van der Waals surface area contributed by atoms with Gasteiger partial charge in [0.05, 0.1) is 11.4 Å². The van der Waals surface area contributed by atoms with Crippen molar-refractivity contribution in [2.45, 2.75) is 37.8 Å². The van der Waals surface area contributed by atoms with Crippen molar-refractivity contribution in [3.05, 3.63) is 40.9 Å². The molecule has 0 radical (unpaired) electrons. The second kappa shape index (κ2) is 8.32. The molecule has 0 unspecified atom stereocenters. The fraction of sp³-hybridized carbons (Fsp3) is 0.471. The number of hydrogen-bond donors (Lipinski definition) is 2. The summed E-state index contributed by atoms with van der Waals surface area (Å²) < 4.78 is 29.1. The van der Waals surface area contributed by atoms with Gasteiger partial charge in [-0.15, -0.1) is 0 Å². The monoisotopic (exact) mass is 409 g/mol. The van der Waals surface area contributed by atoms with Crippen molar-refractivity contribution < 1.29 is 13.2 Å². The van der Waals surface area contributed by atoms with Gasteiger partial charge in [-0.2, -0.15) is 9.40 Å². The summed E-state index contributed by atoms with van der Waals surface area (Å²) in [6, 6.07) is 8.38. The first-order valence-electron chi connectivity index (χ1n) is 8.90. The van der Waals surface area contributed by atoms with Crippen molar-refractivity contribution in [2.75, 3.05) is 13.1 Å². The largest absolute Gasteiger partial charge is 0.349 e. The minimum absolute atomic E-state index is 0.0802. The van der Waals surface area contributed by atoms with Gasteiger partial charge in [0, 0.05) is 25.6 Å². The molecule has 1 saturated heterocycles. The van der Waals surface area contributed by atoms with E-state index in [-0.39, 0.29) is 16.7 Å². The summed E-state index contributed by atoms with van der Waals surface area (Å²) in [7, 11) is -3.50. The lowest BCUT2D eigenvalue weighted by Gasteiger charge is -2.30. The van der Waals surface area contributed by atoms with E-state index >= 15 is 0 Å². The molecule has 10 heteroatoms. The van der Waals surface area contributed by atoms with Gasteiger partial charge in [0.15, 0.2) is 10.6 Å². The van der Waals surface area contributed by atoms with Crippen molar-refractivity contribution >= 4 is 28.1 Å². The predicted octanol–water partition coefficient (Wildman–Crippen LogP) is 1.68. The van der Waals surface area contributed by atoms with Crippen LogP contribution in [0.25, 0.3) is 0 Å². The number of nitrogens with one attached hydrogen (secondary N) is 2. The average molecular weight is 410 g/mol. The molecule has 2 N–H and O–H groups in total. The summed E-state index contributed by atoms with van der Waals surface area (Å²) in [5.74, 6) is 0.396. The lowest BCUT2D eigenvalue weighted by atomic mass is 9.97. The first kappa shape index (κ1) is 19.7. The summed E-state index contributed by atoms with van der Waals surface area (Å²) >= 11 is 5.13. The van der Waals surface area contributed by atoms with Crippen LogP contribution < -0.4 is 5.32 Å². The van der Waals surface area contributed by atoms with Gasteiger partial charge in [-0.05, 0) is 44.1 Å². The number of benzene rings is 1. The number of nitrogens with zero attached hydrogens (tertiary/aromatic N) is 3. The number of H-pyrrole nitrogens is 1. The molecular formula is C17H23N5O3S2. The Morgan fingerprint density at radius 2 is 1.96 bits per heavy atom. The molecular weight excluding hydrogens is 386 g/mol. The molecule has 0 spiro atoms. The maximum absolute atomic E-state index is 12.6. The van der Waals surface area contributed by atoms with E-state index in [1.807, 2.05) is 11.5 Å². The third-order valence-corrected chi connectivity index (χ3v) is 7.00. The summed E-state index contributed by atoms with van der Waals surface area (Å²) in [6.45, 7) is 3.60. The number of carbonyl (C=O) groups excluding carboxylic acids is 1. The molecule has 0 aliphatic carbocycles. The molecule has 0 bridgehead atoms. The molecule has 3 rings (SSSR count). The van der Waals surface area contributed by atoms with Gasteiger partial charge >= 0.3 is 0 Å². The Labute approximate surface area is 163 Å². The van der Waals surface area contributed by atoms with Gasteiger partial charge in [-0.3, -0.25) is 9.89 Å². The van der Waals surface area contributed by atoms with E-state index in [1.54, 1.807) is 30.3 Å². The van der Waals surface area contributed by atoms with Crippen LogP contribution in [0.3, 0.4) is 0 Å². The third kappa shape index (κ3) is 4.28. The highest BCUT2D eigenvalue weighted by atomic mass is 32.2. The fourth-order valence-corrected chi connectivity index (χ4v) is 4.99. The molecule has 1 fully saturated rings. The van der Waals surface area contributed by atoms with Crippen LogP contribution in [0.15, 0.2) is 35.2 Å². The number of aromatic nitrogens is 3. The Morgan fingerprint density at radius 1 is 1.30 bits per heavy atom. The Morgan fingerprint density at radius 3 is 2.59 bits per heavy atom. The Kier molecular flexibility index (Phi) is 6.08. The standard InChI is InChI=1S/C17H23N5O3S2/c1-2-22-15(19-20-17(22)26)12-18-16(23)13-8-10-21(11-9-13)27(24,25)14-6-4-3-5-7-14/h3-7,13H,2,8-12H2,1H3,(H,18,23)(H,20,26).